The number of aryl methyl sites for hydroxylation is 1. The maximum atomic E-state index is 5.79. The van der Waals surface area contributed by atoms with Crippen molar-refractivity contribution in [2.75, 3.05) is 26.9 Å². The first-order valence-electron chi connectivity index (χ1n) is 7.01. The average Bonchev–Trinajstić information content (AvgIpc) is 2.33. The van der Waals surface area contributed by atoms with E-state index in [9.17, 15) is 0 Å². The van der Waals surface area contributed by atoms with Gasteiger partial charge in [0.15, 0.2) is 0 Å². The molecule has 1 aliphatic heterocycles. The van der Waals surface area contributed by atoms with Crippen molar-refractivity contribution in [2.45, 2.75) is 38.5 Å². The minimum absolute atomic E-state index is 0.120. The van der Waals surface area contributed by atoms with Gasteiger partial charge in [0.05, 0.1) is 20.3 Å². The first kappa shape index (κ1) is 14.4. The van der Waals surface area contributed by atoms with Crippen molar-refractivity contribution in [3.05, 3.63) is 28.8 Å². The maximum Gasteiger partial charge on any atom is 0.122 e. The number of ether oxygens (including phenoxy) is 2. The minimum Gasteiger partial charge on any atom is -0.496 e. The summed E-state index contributed by atoms with van der Waals surface area (Å²) < 4.78 is 11.0. The lowest BCUT2D eigenvalue weighted by Crippen LogP contribution is -2.48. The van der Waals surface area contributed by atoms with Crippen molar-refractivity contribution in [1.82, 2.24) is 0 Å². The summed E-state index contributed by atoms with van der Waals surface area (Å²) in [6.07, 6.45) is 0.984. The highest BCUT2D eigenvalue weighted by Gasteiger charge is 2.41. The van der Waals surface area contributed by atoms with Crippen LogP contribution in [-0.4, -0.2) is 26.9 Å². The molecule has 0 bridgehead atoms. The highest BCUT2D eigenvalue weighted by atomic mass is 16.5. The summed E-state index contributed by atoms with van der Waals surface area (Å²) in [5.41, 5.74) is 9.83. The highest BCUT2D eigenvalue weighted by molar-refractivity contribution is 5.47. The lowest BCUT2D eigenvalue weighted by molar-refractivity contribution is -0.0634. The second-order valence-electron chi connectivity index (χ2n) is 5.88. The molecule has 1 aliphatic rings. The van der Waals surface area contributed by atoms with Crippen molar-refractivity contribution in [2.24, 2.45) is 5.73 Å². The molecule has 1 heterocycles. The number of hydrogen-bond donors (Lipinski definition) is 1. The van der Waals surface area contributed by atoms with Gasteiger partial charge in [-0.05, 0) is 48.6 Å². The Morgan fingerprint density at radius 3 is 2.47 bits per heavy atom. The fourth-order valence-electron chi connectivity index (χ4n) is 2.96. The van der Waals surface area contributed by atoms with E-state index in [4.69, 9.17) is 15.2 Å². The van der Waals surface area contributed by atoms with Gasteiger partial charge in [-0.1, -0.05) is 19.9 Å². The van der Waals surface area contributed by atoms with Crippen molar-refractivity contribution in [3.8, 4) is 5.75 Å². The van der Waals surface area contributed by atoms with Gasteiger partial charge >= 0.3 is 0 Å². The Morgan fingerprint density at radius 1 is 1.37 bits per heavy atom. The lowest BCUT2D eigenvalue weighted by atomic mass is 9.73. The van der Waals surface area contributed by atoms with Gasteiger partial charge in [-0.2, -0.15) is 0 Å². The van der Waals surface area contributed by atoms with E-state index < -0.39 is 0 Å². The predicted octanol–water partition coefficient (Wildman–Crippen LogP) is 2.74. The molecular weight excluding hydrogens is 238 g/mol. The van der Waals surface area contributed by atoms with Crippen molar-refractivity contribution < 1.29 is 9.47 Å². The monoisotopic (exact) mass is 263 g/mol. The Hall–Kier alpha value is -1.06. The summed E-state index contributed by atoms with van der Waals surface area (Å²) in [4.78, 5) is 0. The van der Waals surface area contributed by atoms with E-state index in [1.807, 2.05) is 0 Å². The smallest absolute Gasteiger partial charge is 0.122 e. The Kier molecular flexibility index (Phi) is 4.16. The van der Waals surface area contributed by atoms with Gasteiger partial charge in [0, 0.05) is 5.41 Å². The van der Waals surface area contributed by atoms with Gasteiger partial charge < -0.3 is 15.2 Å². The zero-order valence-electron chi connectivity index (χ0n) is 12.5. The van der Waals surface area contributed by atoms with Crippen molar-refractivity contribution in [3.63, 3.8) is 0 Å². The standard InChI is InChI=1S/C16H25NO2/c1-11(2)13-8-14(12(3)7-15(13)18-4)16(5-6-17)9-19-10-16/h7-8,11H,5-6,9-10,17H2,1-4H3. The summed E-state index contributed by atoms with van der Waals surface area (Å²) in [6, 6.07) is 4.46. The van der Waals surface area contributed by atoms with Crippen LogP contribution in [0.4, 0.5) is 0 Å². The van der Waals surface area contributed by atoms with Crippen molar-refractivity contribution >= 4 is 0 Å². The zero-order valence-corrected chi connectivity index (χ0v) is 12.5. The van der Waals surface area contributed by atoms with E-state index in [1.165, 1.54) is 16.7 Å². The normalized spacial score (nSPS) is 17.4. The molecule has 0 unspecified atom stereocenters. The molecule has 3 nitrogen and oxygen atoms in total. The molecule has 0 atom stereocenters. The van der Waals surface area contributed by atoms with E-state index in [-0.39, 0.29) is 5.41 Å². The summed E-state index contributed by atoms with van der Waals surface area (Å²) >= 11 is 0. The third kappa shape index (κ3) is 2.49. The molecule has 19 heavy (non-hydrogen) atoms. The van der Waals surface area contributed by atoms with Crippen LogP contribution in [-0.2, 0) is 10.2 Å². The molecule has 0 aliphatic carbocycles. The van der Waals surface area contributed by atoms with E-state index >= 15 is 0 Å². The summed E-state index contributed by atoms with van der Waals surface area (Å²) in [5, 5.41) is 0. The van der Waals surface area contributed by atoms with Gasteiger partial charge in [0.1, 0.15) is 5.75 Å². The maximum absolute atomic E-state index is 5.79. The number of nitrogens with two attached hydrogens (primary N) is 1. The van der Waals surface area contributed by atoms with E-state index in [1.54, 1.807) is 7.11 Å². The van der Waals surface area contributed by atoms with E-state index in [2.05, 4.69) is 32.9 Å². The van der Waals surface area contributed by atoms with Crippen LogP contribution < -0.4 is 10.5 Å². The Labute approximate surface area is 116 Å². The SMILES string of the molecule is COc1cc(C)c(C2(CCN)COC2)cc1C(C)C. The molecule has 1 saturated heterocycles. The third-order valence-electron chi connectivity index (χ3n) is 4.15. The van der Waals surface area contributed by atoms with Gasteiger partial charge in [-0.3, -0.25) is 0 Å². The molecule has 0 spiro atoms. The molecule has 3 heteroatoms. The van der Waals surface area contributed by atoms with Gasteiger partial charge in [-0.15, -0.1) is 0 Å². The molecule has 0 saturated carbocycles. The molecule has 1 fully saturated rings. The Balaban J connectivity index is 2.48. The summed E-state index contributed by atoms with van der Waals surface area (Å²) in [6.45, 7) is 8.82. The Morgan fingerprint density at radius 2 is 2.05 bits per heavy atom. The van der Waals surface area contributed by atoms with Crippen LogP contribution in [0.3, 0.4) is 0 Å². The average molecular weight is 263 g/mol. The number of rotatable bonds is 5. The second kappa shape index (κ2) is 5.51. The fraction of sp³-hybridized carbons (Fsp3) is 0.625. The number of benzene rings is 1. The molecule has 106 valence electrons. The predicted molar refractivity (Wildman–Crippen MR) is 78.0 cm³/mol. The van der Waals surface area contributed by atoms with Crippen LogP contribution in [0.2, 0.25) is 0 Å². The third-order valence-corrected chi connectivity index (χ3v) is 4.15. The lowest BCUT2D eigenvalue weighted by Gasteiger charge is -2.43. The molecular formula is C16H25NO2. The summed E-state index contributed by atoms with van der Waals surface area (Å²) in [7, 11) is 1.74. The first-order chi connectivity index (χ1) is 9.04. The second-order valence-corrected chi connectivity index (χ2v) is 5.88. The van der Waals surface area contributed by atoms with Gasteiger partial charge in [-0.25, -0.2) is 0 Å². The molecule has 1 aromatic rings. The van der Waals surface area contributed by atoms with Crippen LogP contribution >= 0.6 is 0 Å². The van der Waals surface area contributed by atoms with Crippen LogP contribution in [0.15, 0.2) is 12.1 Å². The van der Waals surface area contributed by atoms with Crippen LogP contribution in [0.1, 0.15) is 42.9 Å². The van der Waals surface area contributed by atoms with Gasteiger partial charge in [0.25, 0.3) is 0 Å². The van der Waals surface area contributed by atoms with E-state index in [0.29, 0.717) is 12.5 Å². The quantitative estimate of drug-likeness (QED) is 0.888. The van der Waals surface area contributed by atoms with Gasteiger partial charge in [0.2, 0.25) is 0 Å². The van der Waals surface area contributed by atoms with Crippen LogP contribution in [0.5, 0.6) is 5.75 Å². The number of methoxy groups -OCH3 is 1. The topological polar surface area (TPSA) is 44.5 Å². The molecule has 1 aromatic carbocycles. The zero-order chi connectivity index (χ0) is 14.0. The highest BCUT2D eigenvalue weighted by Crippen LogP contribution is 2.41. The molecule has 0 aromatic heterocycles. The molecule has 2 rings (SSSR count). The fourth-order valence-corrected chi connectivity index (χ4v) is 2.96. The largest absolute Gasteiger partial charge is 0.496 e. The Bertz CT molecular complexity index is 450. The first-order valence-corrected chi connectivity index (χ1v) is 7.01. The molecule has 2 N–H and O–H groups in total. The number of hydrogen-bond acceptors (Lipinski definition) is 3. The van der Waals surface area contributed by atoms with E-state index in [0.717, 1.165) is 25.4 Å². The van der Waals surface area contributed by atoms with Crippen LogP contribution in [0.25, 0.3) is 0 Å². The summed E-state index contributed by atoms with van der Waals surface area (Å²) in [5.74, 6) is 1.43. The molecule has 0 radical (unpaired) electrons. The molecule has 0 amide bonds. The van der Waals surface area contributed by atoms with Crippen molar-refractivity contribution in [1.29, 1.82) is 0 Å². The minimum atomic E-state index is 0.120. The van der Waals surface area contributed by atoms with Crippen LogP contribution in [0, 0.1) is 6.92 Å².